The molecule has 1 unspecified atom stereocenters. The van der Waals surface area contributed by atoms with Crippen LogP contribution in [-0.2, 0) is 9.59 Å². The van der Waals surface area contributed by atoms with Gasteiger partial charge in [0, 0.05) is 5.56 Å². The summed E-state index contributed by atoms with van der Waals surface area (Å²) in [6.45, 7) is 0. The Morgan fingerprint density at radius 1 is 0.833 bits per heavy atom. The third-order valence-electron chi connectivity index (χ3n) is 4.62. The number of carbonyl (C=O) groups is 3. The lowest BCUT2D eigenvalue weighted by molar-refractivity contribution is -0.121. The molecular weight excluding hydrogens is 382 g/mol. The van der Waals surface area contributed by atoms with Gasteiger partial charge in [-0.3, -0.25) is 19.8 Å². The minimum absolute atomic E-state index is 0.0455. The minimum Gasteiger partial charge on any atom is -0.457 e. The van der Waals surface area contributed by atoms with E-state index in [2.05, 4.69) is 10.9 Å². The second kappa shape index (κ2) is 8.59. The van der Waals surface area contributed by atoms with E-state index in [0.29, 0.717) is 22.7 Å². The predicted octanol–water partition coefficient (Wildman–Crippen LogP) is 3.05. The summed E-state index contributed by atoms with van der Waals surface area (Å²) >= 11 is 0. The standard InChI is InChI=1S/C23H19N3O4/c27-21-15-20(24-25-22(28)16-7-3-1-4-8-16)23(29)26(21)17-11-13-19(14-12-17)30-18-9-5-2-6-10-18/h1-14,20,24H,15H2,(H,25,28). The van der Waals surface area contributed by atoms with Gasteiger partial charge in [-0.2, -0.15) is 0 Å². The summed E-state index contributed by atoms with van der Waals surface area (Å²) in [5.41, 5.74) is 6.06. The zero-order valence-electron chi connectivity index (χ0n) is 15.9. The molecule has 1 saturated heterocycles. The maximum absolute atomic E-state index is 12.7. The van der Waals surface area contributed by atoms with Crippen molar-refractivity contribution in [3.8, 4) is 11.5 Å². The van der Waals surface area contributed by atoms with Crippen LogP contribution in [0, 0.1) is 0 Å². The first-order valence-electron chi connectivity index (χ1n) is 9.42. The number of nitrogens with zero attached hydrogens (tertiary/aromatic N) is 1. The summed E-state index contributed by atoms with van der Waals surface area (Å²) in [4.78, 5) is 38.3. The highest BCUT2D eigenvalue weighted by molar-refractivity contribution is 6.22. The molecule has 7 nitrogen and oxygen atoms in total. The van der Waals surface area contributed by atoms with Crippen LogP contribution in [0.2, 0.25) is 0 Å². The van der Waals surface area contributed by atoms with E-state index in [-0.39, 0.29) is 18.2 Å². The normalized spacial score (nSPS) is 15.9. The molecular formula is C23H19N3O4. The van der Waals surface area contributed by atoms with E-state index < -0.39 is 11.9 Å². The number of rotatable bonds is 6. The number of amides is 3. The topological polar surface area (TPSA) is 87.7 Å². The average molecular weight is 401 g/mol. The van der Waals surface area contributed by atoms with Gasteiger partial charge in [0.15, 0.2) is 0 Å². The van der Waals surface area contributed by atoms with Gasteiger partial charge < -0.3 is 4.74 Å². The summed E-state index contributed by atoms with van der Waals surface area (Å²) in [6.07, 6.45) is -0.0455. The first-order valence-corrected chi connectivity index (χ1v) is 9.42. The smallest absolute Gasteiger partial charge is 0.265 e. The lowest BCUT2D eigenvalue weighted by Crippen LogP contribution is -2.48. The molecule has 0 spiro atoms. The number of ether oxygens (including phenoxy) is 1. The molecule has 2 N–H and O–H groups in total. The van der Waals surface area contributed by atoms with Crippen molar-refractivity contribution >= 4 is 23.4 Å². The molecule has 3 aromatic rings. The van der Waals surface area contributed by atoms with Crippen LogP contribution in [-0.4, -0.2) is 23.8 Å². The van der Waals surface area contributed by atoms with E-state index in [1.54, 1.807) is 54.6 Å². The van der Waals surface area contributed by atoms with Crippen molar-refractivity contribution in [3.05, 3.63) is 90.5 Å². The first kappa shape index (κ1) is 19.4. The van der Waals surface area contributed by atoms with Gasteiger partial charge in [-0.1, -0.05) is 36.4 Å². The molecule has 1 fully saturated rings. The van der Waals surface area contributed by atoms with Gasteiger partial charge in [-0.25, -0.2) is 10.3 Å². The first-order chi connectivity index (χ1) is 14.6. The summed E-state index contributed by atoms with van der Waals surface area (Å²) in [5.74, 6) is 0.135. The van der Waals surface area contributed by atoms with Gasteiger partial charge in [0.25, 0.3) is 11.8 Å². The number of anilines is 1. The Balaban J connectivity index is 1.39. The van der Waals surface area contributed by atoms with Crippen LogP contribution in [0.4, 0.5) is 5.69 Å². The van der Waals surface area contributed by atoms with Gasteiger partial charge in [0.2, 0.25) is 5.91 Å². The Labute approximate surface area is 173 Å². The maximum atomic E-state index is 12.7. The van der Waals surface area contributed by atoms with Crippen molar-refractivity contribution < 1.29 is 19.1 Å². The van der Waals surface area contributed by atoms with Crippen molar-refractivity contribution in [3.63, 3.8) is 0 Å². The predicted molar refractivity (Wildman–Crippen MR) is 111 cm³/mol. The van der Waals surface area contributed by atoms with E-state index in [1.807, 2.05) is 30.3 Å². The van der Waals surface area contributed by atoms with Crippen LogP contribution in [0.25, 0.3) is 0 Å². The fraction of sp³-hybridized carbons (Fsp3) is 0.0870. The molecule has 0 saturated carbocycles. The Hall–Kier alpha value is -3.97. The molecule has 0 bridgehead atoms. The molecule has 150 valence electrons. The molecule has 1 aliphatic rings. The number of hydrogen-bond acceptors (Lipinski definition) is 5. The summed E-state index contributed by atoms with van der Waals surface area (Å²) in [5, 5.41) is 0. The van der Waals surface area contributed by atoms with Gasteiger partial charge in [-0.05, 0) is 48.5 Å². The molecule has 7 heteroatoms. The van der Waals surface area contributed by atoms with Crippen LogP contribution in [0.5, 0.6) is 11.5 Å². The molecule has 1 heterocycles. The van der Waals surface area contributed by atoms with Crippen LogP contribution in [0.1, 0.15) is 16.8 Å². The number of benzene rings is 3. The van der Waals surface area contributed by atoms with Gasteiger partial charge in [-0.15, -0.1) is 0 Å². The third-order valence-corrected chi connectivity index (χ3v) is 4.62. The fourth-order valence-electron chi connectivity index (χ4n) is 3.12. The van der Waals surface area contributed by atoms with Crippen molar-refractivity contribution in [2.45, 2.75) is 12.5 Å². The second-order valence-corrected chi connectivity index (χ2v) is 6.70. The molecule has 3 aromatic carbocycles. The monoisotopic (exact) mass is 401 g/mol. The lowest BCUT2D eigenvalue weighted by Gasteiger charge is -2.16. The Bertz CT molecular complexity index is 1050. The Kier molecular flexibility index (Phi) is 5.54. The Morgan fingerprint density at radius 2 is 1.43 bits per heavy atom. The molecule has 3 amide bonds. The maximum Gasteiger partial charge on any atom is 0.265 e. The largest absolute Gasteiger partial charge is 0.457 e. The summed E-state index contributed by atoms with van der Waals surface area (Å²) < 4.78 is 5.73. The molecule has 4 rings (SSSR count). The lowest BCUT2D eigenvalue weighted by atomic mass is 10.2. The average Bonchev–Trinajstić information content (AvgIpc) is 3.07. The van der Waals surface area contributed by atoms with E-state index in [4.69, 9.17) is 4.74 Å². The SMILES string of the molecule is O=C(NNC1CC(=O)N(c2ccc(Oc3ccccc3)cc2)C1=O)c1ccccc1. The van der Waals surface area contributed by atoms with Gasteiger partial charge in [0.05, 0.1) is 12.1 Å². The van der Waals surface area contributed by atoms with Gasteiger partial charge in [0.1, 0.15) is 17.5 Å². The molecule has 1 atom stereocenters. The highest BCUT2D eigenvalue weighted by Crippen LogP contribution is 2.27. The van der Waals surface area contributed by atoms with E-state index in [0.717, 1.165) is 4.90 Å². The number of hydrogen-bond donors (Lipinski definition) is 2. The van der Waals surface area contributed by atoms with Crippen LogP contribution in [0.15, 0.2) is 84.9 Å². The quantitative estimate of drug-likeness (QED) is 0.490. The molecule has 0 aliphatic carbocycles. The summed E-state index contributed by atoms with van der Waals surface area (Å²) in [7, 11) is 0. The molecule has 0 radical (unpaired) electrons. The van der Waals surface area contributed by atoms with Crippen molar-refractivity contribution in [2.24, 2.45) is 0 Å². The second-order valence-electron chi connectivity index (χ2n) is 6.70. The minimum atomic E-state index is -0.828. The number of imide groups is 1. The van der Waals surface area contributed by atoms with E-state index in [9.17, 15) is 14.4 Å². The number of hydrazine groups is 1. The number of carbonyl (C=O) groups excluding carboxylic acids is 3. The van der Waals surface area contributed by atoms with Gasteiger partial charge >= 0.3 is 0 Å². The highest BCUT2D eigenvalue weighted by atomic mass is 16.5. The zero-order valence-corrected chi connectivity index (χ0v) is 15.9. The molecule has 1 aliphatic heterocycles. The van der Waals surface area contributed by atoms with E-state index >= 15 is 0 Å². The highest BCUT2D eigenvalue weighted by Gasteiger charge is 2.39. The fourth-order valence-corrected chi connectivity index (χ4v) is 3.12. The van der Waals surface area contributed by atoms with Crippen molar-refractivity contribution in [2.75, 3.05) is 4.90 Å². The third kappa shape index (κ3) is 4.21. The van der Waals surface area contributed by atoms with Crippen molar-refractivity contribution in [1.82, 2.24) is 10.9 Å². The Morgan fingerprint density at radius 3 is 2.10 bits per heavy atom. The van der Waals surface area contributed by atoms with E-state index in [1.165, 1.54) is 0 Å². The van der Waals surface area contributed by atoms with Crippen LogP contribution in [0.3, 0.4) is 0 Å². The van der Waals surface area contributed by atoms with Crippen LogP contribution < -0.4 is 20.5 Å². The molecule has 0 aromatic heterocycles. The number of para-hydroxylation sites is 1. The number of nitrogens with one attached hydrogen (secondary N) is 2. The zero-order chi connectivity index (χ0) is 20.9. The molecule has 30 heavy (non-hydrogen) atoms. The summed E-state index contributed by atoms with van der Waals surface area (Å²) in [6, 6.07) is 23.8. The van der Waals surface area contributed by atoms with Crippen LogP contribution >= 0.6 is 0 Å². The van der Waals surface area contributed by atoms with Crippen molar-refractivity contribution in [1.29, 1.82) is 0 Å².